The standard InChI is InChI=1S/C34H40FN3O9/c1-20-26(27-9-5-6-10-28(27)37-20)16-17-36-18-25-14-12-24(13-15-25)8-7-11-30(42)38-47-34-33(45-23(4)41)32(44-22(3)40)31(35)29(46-34)19-43-21(2)39/h5-7,9-15,29,31-34,36-37H,8,16-19H2,1-4H3,(H,38,42)/b11-7+/t29?,31-,32-,33?,34-/m0/s1. The number of nitrogens with one attached hydrogen (secondary N) is 3. The van der Waals surface area contributed by atoms with Crippen LogP contribution in [0.2, 0.25) is 0 Å². The van der Waals surface area contributed by atoms with Crippen LogP contribution in [-0.2, 0) is 62.3 Å². The Morgan fingerprint density at radius 1 is 0.936 bits per heavy atom. The van der Waals surface area contributed by atoms with E-state index in [1.807, 2.05) is 30.3 Å². The van der Waals surface area contributed by atoms with Crippen LogP contribution < -0.4 is 10.8 Å². The van der Waals surface area contributed by atoms with Crippen molar-refractivity contribution in [2.75, 3.05) is 13.2 Å². The zero-order chi connectivity index (χ0) is 33.9. The minimum atomic E-state index is -2.03. The summed E-state index contributed by atoms with van der Waals surface area (Å²) in [4.78, 5) is 55.9. The molecule has 0 aliphatic carbocycles. The topological polar surface area (TPSA) is 154 Å². The van der Waals surface area contributed by atoms with Crippen LogP contribution in [0.4, 0.5) is 4.39 Å². The fourth-order valence-electron chi connectivity index (χ4n) is 5.28. The van der Waals surface area contributed by atoms with Gasteiger partial charge in [-0.15, -0.1) is 0 Å². The SMILES string of the molecule is CC(=O)OCC1O[C@@H](ONC(=O)/C=C/Cc2ccc(CNCCc3c(C)[nH]c4ccccc34)cc2)C(OC(C)=O)[C@@H](OC(C)=O)[C@H]1F. The van der Waals surface area contributed by atoms with Gasteiger partial charge in [0, 0.05) is 50.0 Å². The third kappa shape index (κ3) is 10.2. The van der Waals surface area contributed by atoms with Crippen LogP contribution in [0.25, 0.3) is 10.9 Å². The van der Waals surface area contributed by atoms with E-state index >= 15 is 4.39 Å². The second-order valence-electron chi connectivity index (χ2n) is 11.1. The highest BCUT2D eigenvalue weighted by atomic mass is 19.1. The van der Waals surface area contributed by atoms with Gasteiger partial charge in [-0.05, 0) is 49.1 Å². The van der Waals surface area contributed by atoms with Crippen molar-refractivity contribution < 1.29 is 47.4 Å². The Hall–Kier alpha value is -4.59. The number of aromatic amines is 1. The molecule has 1 aliphatic heterocycles. The van der Waals surface area contributed by atoms with Crippen LogP contribution in [0.3, 0.4) is 0 Å². The average molecular weight is 654 g/mol. The number of hydroxylamine groups is 1. The monoisotopic (exact) mass is 653 g/mol. The number of hydrogen-bond donors (Lipinski definition) is 3. The number of amides is 1. The molecule has 4 rings (SSSR count). The molecular formula is C34H40FN3O9. The predicted molar refractivity (Wildman–Crippen MR) is 168 cm³/mol. The molecule has 0 radical (unpaired) electrons. The van der Waals surface area contributed by atoms with Crippen LogP contribution in [0.15, 0.2) is 60.7 Å². The van der Waals surface area contributed by atoms with Crippen LogP contribution in [0, 0.1) is 6.92 Å². The van der Waals surface area contributed by atoms with Crippen molar-refractivity contribution in [2.45, 2.75) is 77.9 Å². The summed E-state index contributed by atoms with van der Waals surface area (Å²) in [5.41, 5.74) is 7.92. The van der Waals surface area contributed by atoms with Crippen molar-refractivity contribution >= 4 is 34.7 Å². The Labute approximate surface area is 271 Å². The molecule has 1 fully saturated rings. The first kappa shape index (κ1) is 35.3. The van der Waals surface area contributed by atoms with Gasteiger partial charge in [-0.25, -0.2) is 14.7 Å². The van der Waals surface area contributed by atoms with Gasteiger partial charge < -0.3 is 29.2 Å². The van der Waals surface area contributed by atoms with Crippen molar-refractivity contribution in [1.82, 2.24) is 15.8 Å². The molecule has 0 spiro atoms. The number of alkyl halides is 1. The molecule has 252 valence electrons. The number of carbonyl (C=O) groups is 4. The number of halogens is 1. The third-order valence-electron chi connectivity index (χ3n) is 7.45. The number of rotatable bonds is 14. The maximum absolute atomic E-state index is 15.2. The van der Waals surface area contributed by atoms with Gasteiger partial charge in [-0.2, -0.15) is 0 Å². The minimum absolute atomic E-state index is 0.458. The first-order valence-electron chi connectivity index (χ1n) is 15.3. The molecule has 1 aromatic heterocycles. The van der Waals surface area contributed by atoms with Crippen LogP contribution in [-0.4, -0.2) is 72.7 Å². The van der Waals surface area contributed by atoms with Gasteiger partial charge >= 0.3 is 17.9 Å². The lowest BCUT2D eigenvalue weighted by Crippen LogP contribution is -2.61. The highest BCUT2D eigenvalue weighted by Crippen LogP contribution is 2.29. The minimum Gasteiger partial charge on any atom is -0.463 e. The number of ether oxygens (including phenoxy) is 4. The van der Waals surface area contributed by atoms with E-state index < -0.39 is 61.2 Å². The van der Waals surface area contributed by atoms with E-state index in [1.54, 1.807) is 6.08 Å². The zero-order valence-electron chi connectivity index (χ0n) is 26.7. The maximum Gasteiger partial charge on any atom is 0.303 e. The summed E-state index contributed by atoms with van der Waals surface area (Å²) in [5, 5.41) is 4.75. The summed E-state index contributed by atoms with van der Waals surface area (Å²) >= 11 is 0. The molecule has 3 aromatic rings. The van der Waals surface area contributed by atoms with E-state index in [0.29, 0.717) is 6.42 Å². The summed E-state index contributed by atoms with van der Waals surface area (Å²) < 4.78 is 35.7. The normalized spacial score (nSPS) is 21.0. The van der Waals surface area contributed by atoms with Crippen molar-refractivity contribution in [1.29, 1.82) is 0 Å². The predicted octanol–water partition coefficient (Wildman–Crippen LogP) is 3.44. The number of hydrogen-bond acceptors (Lipinski definition) is 10. The van der Waals surface area contributed by atoms with Crippen molar-refractivity contribution in [3.05, 3.63) is 83.1 Å². The summed E-state index contributed by atoms with van der Waals surface area (Å²) in [6.45, 7) is 6.37. The van der Waals surface area contributed by atoms with Crippen LogP contribution in [0.1, 0.15) is 43.2 Å². The second kappa shape index (κ2) is 16.8. The number of esters is 3. The summed E-state index contributed by atoms with van der Waals surface area (Å²) in [7, 11) is 0. The van der Waals surface area contributed by atoms with Gasteiger partial charge in [0.05, 0.1) is 0 Å². The average Bonchev–Trinajstić information content (AvgIpc) is 3.35. The molecule has 1 amide bonds. The fraction of sp³-hybridized carbons (Fsp3) is 0.412. The van der Waals surface area contributed by atoms with Gasteiger partial charge in [-0.1, -0.05) is 48.5 Å². The number of fused-ring (bicyclic) bond motifs is 1. The van der Waals surface area contributed by atoms with Crippen molar-refractivity contribution in [3.63, 3.8) is 0 Å². The lowest BCUT2D eigenvalue weighted by Gasteiger charge is -2.41. The molecular weight excluding hydrogens is 613 g/mol. The summed E-state index contributed by atoms with van der Waals surface area (Å²) in [6.07, 6.45) is -4.02. The molecule has 1 aliphatic rings. The van der Waals surface area contributed by atoms with Crippen molar-refractivity contribution in [2.24, 2.45) is 0 Å². The Morgan fingerprint density at radius 2 is 1.62 bits per heavy atom. The molecule has 2 unspecified atom stereocenters. The molecule has 5 atom stereocenters. The second-order valence-corrected chi connectivity index (χ2v) is 11.1. The smallest absolute Gasteiger partial charge is 0.303 e. The quantitative estimate of drug-likeness (QED) is 0.0775. The van der Waals surface area contributed by atoms with Crippen LogP contribution >= 0.6 is 0 Å². The molecule has 2 aromatic carbocycles. The lowest BCUT2D eigenvalue weighted by atomic mass is 10.00. The number of H-pyrrole nitrogens is 1. The molecule has 12 nitrogen and oxygen atoms in total. The first-order chi connectivity index (χ1) is 22.5. The molecule has 3 N–H and O–H groups in total. The Balaban J connectivity index is 1.25. The van der Waals surface area contributed by atoms with Crippen LogP contribution in [0.5, 0.6) is 0 Å². The van der Waals surface area contributed by atoms with E-state index in [0.717, 1.165) is 56.9 Å². The maximum atomic E-state index is 15.2. The zero-order valence-corrected chi connectivity index (χ0v) is 26.7. The molecule has 0 saturated carbocycles. The first-order valence-corrected chi connectivity index (χ1v) is 15.3. The molecule has 13 heteroatoms. The number of benzene rings is 2. The summed E-state index contributed by atoms with van der Waals surface area (Å²) in [6, 6.07) is 16.3. The molecule has 2 heterocycles. The van der Waals surface area contributed by atoms with Crippen molar-refractivity contribution in [3.8, 4) is 0 Å². The van der Waals surface area contributed by atoms with E-state index in [2.05, 4.69) is 40.9 Å². The Morgan fingerprint density at radius 3 is 2.32 bits per heavy atom. The van der Waals surface area contributed by atoms with E-state index in [4.69, 9.17) is 23.8 Å². The van der Waals surface area contributed by atoms with Gasteiger partial charge in [0.1, 0.15) is 12.7 Å². The Kier molecular flexibility index (Phi) is 12.6. The number of para-hydroxylation sites is 1. The molecule has 47 heavy (non-hydrogen) atoms. The number of carbonyl (C=O) groups excluding carboxylic acids is 4. The Bertz CT molecular complexity index is 1570. The van der Waals surface area contributed by atoms with Gasteiger partial charge in [0.2, 0.25) is 6.29 Å². The van der Waals surface area contributed by atoms with E-state index in [1.165, 1.54) is 22.7 Å². The molecule has 0 bridgehead atoms. The number of aromatic nitrogens is 1. The third-order valence-corrected chi connectivity index (χ3v) is 7.45. The number of allylic oxidation sites excluding steroid dienone is 1. The number of aryl methyl sites for hydroxylation is 1. The largest absolute Gasteiger partial charge is 0.463 e. The highest BCUT2D eigenvalue weighted by Gasteiger charge is 2.52. The fourth-order valence-corrected chi connectivity index (χ4v) is 5.28. The van der Waals surface area contributed by atoms with E-state index in [-0.39, 0.29) is 0 Å². The van der Waals surface area contributed by atoms with Gasteiger partial charge in [0.25, 0.3) is 5.91 Å². The van der Waals surface area contributed by atoms with E-state index in [9.17, 15) is 19.2 Å². The highest BCUT2D eigenvalue weighted by molar-refractivity contribution is 5.86. The van der Waals surface area contributed by atoms with Gasteiger partial charge in [-0.3, -0.25) is 19.2 Å². The molecule has 1 saturated heterocycles. The summed E-state index contributed by atoms with van der Waals surface area (Å²) in [5.74, 6) is -3.05. The van der Waals surface area contributed by atoms with Gasteiger partial charge in [0.15, 0.2) is 18.4 Å². The lowest BCUT2D eigenvalue weighted by molar-refractivity contribution is -0.308.